The fraction of sp³-hybridized carbons (Fsp3) is 0.333. The van der Waals surface area contributed by atoms with Crippen molar-refractivity contribution in [1.82, 2.24) is 9.55 Å². The predicted molar refractivity (Wildman–Crippen MR) is 69.7 cm³/mol. The van der Waals surface area contributed by atoms with Crippen LogP contribution in [-0.2, 0) is 7.05 Å². The lowest BCUT2D eigenvalue weighted by atomic mass is 9.77. The molecule has 3 heteroatoms. The van der Waals surface area contributed by atoms with Crippen molar-refractivity contribution < 1.29 is 4.79 Å². The molecule has 1 aromatic carbocycles. The molecular weight excluding hydrogens is 224 g/mol. The van der Waals surface area contributed by atoms with Gasteiger partial charge in [0.2, 0.25) is 5.78 Å². The van der Waals surface area contributed by atoms with Crippen molar-refractivity contribution in [3.05, 3.63) is 53.6 Å². The number of ketones is 1. The van der Waals surface area contributed by atoms with E-state index in [2.05, 4.69) is 11.1 Å². The van der Waals surface area contributed by atoms with E-state index < -0.39 is 0 Å². The molecule has 3 nitrogen and oxygen atoms in total. The van der Waals surface area contributed by atoms with Crippen molar-refractivity contribution in [2.24, 2.45) is 7.05 Å². The highest BCUT2D eigenvalue weighted by Crippen LogP contribution is 2.38. The monoisotopic (exact) mass is 240 g/mol. The van der Waals surface area contributed by atoms with E-state index >= 15 is 0 Å². The zero-order chi connectivity index (χ0) is 12.5. The van der Waals surface area contributed by atoms with Gasteiger partial charge in [0.05, 0.1) is 0 Å². The molecule has 1 saturated carbocycles. The maximum atomic E-state index is 12.5. The highest BCUT2D eigenvalue weighted by Gasteiger charge is 2.25. The summed E-state index contributed by atoms with van der Waals surface area (Å²) in [6.07, 6.45) is 7.14. The fourth-order valence-electron chi connectivity index (χ4n) is 2.48. The second-order valence-electron chi connectivity index (χ2n) is 4.91. The molecule has 0 aliphatic heterocycles. The van der Waals surface area contributed by atoms with Gasteiger partial charge in [-0.05, 0) is 24.3 Å². The Morgan fingerprint density at radius 2 is 2.11 bits per heavy atom. The number of benzene rings is 1. The van der Waals surface area contributed by atoms with E-state index in [0.29, 0.717) is 11.7 Å². The number of imidazole rings is 1. The van der Waals surface area contributed by atoms with Crippen LogP contribution in [-0.4, -0.2) is 15.3 Å². The van der Waals surface area contributed by atoms with Gasteiger partial charge in [0.25, 0.3) is 0 Å². The Hall–Kier alpha value is -1.90. The highest BCUT2D eigenvalue weighted by atomic mass is 16.1. The van der Waals surface area contributed by atoms with Gasteiger partial charge in [0, 0.05) is 25.0 Å². The first-order chi connectivity index (χ1) is 8.77. The maximum Gasteiger partial charge on any atom is 0.228 e. The molecule has 0 spiro atoms. The average molecular weight is 240 g/mol. The zero-order valence-corrected chi connectivity index (χ0v) is 10.5. The van der Waals surface area contributed by atoms with Crippen LogP contribution in [0.1, 0.15) is 46.9 Å². The molecule has 1 aliphatic carbocycles. The molecule has 2 aromatic rings. The van der Waals surface area contributed by atoms with Crippen molar-refractivity contribution in [3.8, 4) is 0 Å². The highest BCUT2D eigenvalue weighted by molar-refractivity contribution is 6.07. The topological polar surface area (TPSA) is 34.9 Å². The van der Waals surface area contributed by atoms with Gasteiger partial charge in [-0.15, -0.1) is 0 Å². The Kier molecular flexibility index (Phi) is 2.74. The Balaban J connectivity index is 2.01. The minimum absolute atomic E-state index is 0.0324. The van der Waals surface area contributed by atoms with Crippen molar-refractivity contribution in [2.45, 2.75) is 25.2 Å². The number of rotatable bonds is 3. The predicted octanol–water partition coefficient (Wildman–Crippen LogP) is 2.92. The molecule has 0 unspecified atom stereocenters. The van der Waals surface area contributed by atoms with Crippen molar-refractivity contribution in [2.75, 3.05) is 0 Å². The first-order valence-corrected chi connectivity index (χ1v) is 6.38. The van der Waals surface area contributed by atoms with Crippen molar-refractivity contribution in [1.29, 1.82) is 0 Å². The summed E-state index contributed by atoms with van der Waals surface area (Å²) < 4.78 is 1.78. The summed E-state index contributed by atoms with van der Waals surface area (Å²) in [5, 5.41) is 0. The molecule has 0 saturated heterocycles. The van der Waals surface area contributed by atoms with Gasteiger partial charge >= 0.3 is 0 Å². The number of aryl methyl sites for hydroxylation is 1. The second kappa shape index (κ2) is 4.41. The summed E-state index contributed by atoms with van der Waals surface area (Å²) in [6, 6.07) is 7.95. The van der Waals surface area contributed by atoms with Crippen LogP contribution in [0, 0.1) is 0 Å². The van der Waals surface area contributed by atoms with Gasteiger partial charge < -0.3 is 4.57 Å². The van der Waals surface area contributed by atoms with E-state index in [1.54, 1.807) is 17.0 Å². The summed E-state index contributed by atoms with van der Waals surface area (Å²) in [5.41, 5.74) is 2.01. The van der Waals surface area contributed by atoms with Gasteiger partial charge in [0.1, 0.15) is 0 Å². The molecule has 0 radical (unpaired) electrons. The molecule has 0 N–H and O–H groups in total. The van der Waals surface area contributed by atoms with Gasteiger partial charge in [-0.2, -0.15) is 0 Å². The number of hydrogen-bond acceptors (Lipinski definition) is 2. The van der Waals surface area contributed by atoms with Crippen LogP contribution in [0.2, 0.25) is 0 Å². The van der Waals surface area contributed by atoms with Crippen LogP contribution >= 0.6 is 0 Å². The molecule has 0 amide bonds. The smallest absolute Gasteiger partial charge is 0.228 e. The molecule has 1 aromatic heterocycles. The summed E-state index contributed by atoms with van der Waals surface area (Å²) in [6.45, 7) is 0. The van der Waals surface area contributed by atoms with Crippen molar-refractivity contribution in [3.63, 3.8) is 0 Å². The third-order valence-corrected chi connectivity index (χ3v) is 3.77. The van der Waals surface area contributed by atoms with E-state index in [4.69, 9.17) is 0 Å². The van der Waals surface area contributed by atoms with Gasteiger partial charge in [0.15, 0.2) is 5.82 Å². The van der Waals surface area contributed by atoms with Crippen LogP contribution in [0.5, 0.6) is 0 Å². The molecular formula is C15H16N2O. The standard InChI is InChI=1S/C15H16N2O/c1-17-10-9-16-15(17)14(18)13-8-3-2-7-12(13)11-5-4-6-11/h2-3,7-11H,4-6H2,1H3. The number of nitrogens with zero attached hydrogens (tertiary/aromatic N) is 2. The molecule has 0 atom stereocenters. The molecule has 1 heterocycles. The van der Waals surface area contributed by atoms with E-state index in [-0.39, 0.29) is 5.78 Å². The normalized spacial score (nSPS) is 15.4. The second-order valence-corrected chi connectivity index (χ2v) is 4.91. The van der Waals surface area contributed by atoms with Crippen LogP contribution in [0.15, 0.2) is 36.7 Å². The molecule has 1 fully saturated rings. The third kappa shape index (κ3) is 1.76. The van der Waals surface area contributed by atoms with Crippen LogP contribution in [0.4, 0.5) is 0 Å². The zero-order valence-electron chi connectivity index (χ0n) is 10.5. The summed E-state index contributed by atoms with van der Waals surface area (Å²) in [5.74, 6) is 1.11. The van der Waals surface area contributed by atoms with Crippen LogP contribution < -0.4 is 0 Å². The Morgan fingerprint density at radius 1 is 1.33 bits per heavy atom. The maximum absolute atomic E-state index is 12.5. The first-order valence-electron chi connectivity index (χ1n) is 6.38. The SMILES string of the molecule is Cn1ccnc1C(=O)c1ccccc1C1CCC1. The Morgan fingerprint density at radius 3 is 2.72 bits per heavy atom. The van der Waals surface area contributed by atoms with E-state index in [0.717, 1.165) is 5.56 Å². The van der Waals surface area contributed by atoms with E-state index in [1.165, 1.54) is 24.8 Å². The fourth-order valence-corrected chi connectivity index (χ4v) is 2.48. The van der Waals surface area contributed by atoms with Crippen LogP contribution in [0.25, 0.3) is 0 Å². The lowest BCUT2D eigenvalue weighted by Gasteiger charge is -2.27. The van der Waals surface area contributed by atoms with E-state index in [1.807, 2.05) is 25.2 Å². The molecule has 92 valence electrons. The summed E-state index contributed by atoms with van der Waals surface area (Å²) in [7, 11) is 1.85. The summed E-state index contributed by atoms with van der Waals surface area (Å²) in [4.78, 5) is 16.7. The number of aromatic nitrogens is 2. The lowest BCUT2D eigenvalue weighted by Crippen LogP contribution is -2.16. The number of carbonyl (C=O) groups is 1. The Labute approximate surface area is 106 Å². The minimum atomic E-state index is 0.0324. The third-order valence-electron chi connectivity index (χ3n) is 3.77. The number of hydrogen-bond donors (Lipinski definition) is 0. The molecule has 18 heavy (non-hydrogen) atoms. The molecule has 1 aliphatic rings. The van der Waals surface area contributed by atoms with Crippen LogP contribution in [0.3, 0.4) is 0 Å². The van der Waals surface area contributed by atoms with E-state index in [9.17, 15) is 4.79 Å². The lowest BCUT2D eigenvalue weighted by molar-refractivity contribution is 0.102. The largest absolute Gasteiger partial charge is 0.331 e. The van der Waals surface area contributed by atoms with Gasteiger partial charge in [-0.3, -0.25) is 4.79 Å². The van der Waals surface area contributed by atoms with Gasteiger partial charge in [-0.1, -0.05) is 30.7 Å². The molecule has 3 rings (SSSR count). The average Bonchev–Trinajstić information content (AvgIpc) is 2.73. The summed E-state index contributed by atoms with van der Waals surface area (Å²) >= 11 is 0. The quantitative estimate of drug-likeness (QED) is 0.773. The minimum Gasteiger partial charge on any atom is -0.331 e. The number of carbonyl (C=O) groups excluding carboxylic acids is 1. The first kappa shape index (κ1) is 11.2. The molecule has 0 bridgehead atoms. The van der Waals surface area contributed by atoms with Crippen molar-refractivity contribution >= 4 is 5.78 Å². The van der Waals surface area contributed by atoms with Gasteiger partial charge in [-0.25, -0.2) is 4.98 Å². The Bertz CT molecular complexity index is 582.